The van der Waals surface area contributed by atoms with Crippen molar-refractivity contribution in [1.29, 1.82) is 0 Å². The third-order valence-electron chi connectivity index (χ3n) is 3.23. The summed E-state index contributed by atoms with van der Waals surface area (Å²) in [6.45, 7) is 4.86. The van der Waals surface area contributed by atoms with Gasteiger partial charge < -0.3 is 10.1 Å². The van der Waals surface area contributed by atoms with Crippen LogP contribution in [0.2, 0.25) is 0 Å². The molecule has 0 spiro atoms. The van der Waals surface area contributed by atoms with Crippen molar-refractivity contribution in [3.63, 3.8) is 0 Å². The normalized spacial score (nSPS) is 16.1. The maximum absolute atomic E-state index is 13.5. The van der Waals surface area contributed by atoms with Crippen molar-refractivity contribution in [2.75, 3.05) is 39.4 Å². The lowest BCUT2D eigenvalue weighted by Crippen LogP contribution is -2.38. The van der Waals surface area contributed by atoms with E-state index in [1.807, 2.05) is 0 Å². The molecule has 1 N–H and O–H groups in total. The highest BCUT2D eigenvalue weighted by Gasteiger charge is 2.12. The topological polar surface area (TPSA) is 41.6 Å². The van der Waals surface area contributed by atoms with Crippen LogP contribution in [0, 0.1) is 5.82 Å². The van der Waals surface area contributed by atoms with Crippen LogP contribution in [0.3, 0.4) is 0 Å². The van der Waals surface area contributed by atoms with E-state index < -0.39 is 5.82 Å². The van der Waals surface area contributed by atoms with Crippen molar-refractivity contribution in [1.82, 2.24) is 10.2 Å². The van der Waals surface area contributed by atoms with Crippen LogP contribution in [-0.2, 0) is 4.74 Å². The molecule has 1 heterocycles. The van der Waals surface area contributed by atoms with E-state index in [2.05, 4.69) is 22.8 Å². The smallest absolute Gasteiger partial charge is 0.254 e. The molecule has 0 aliphatic carbocycles. The molecule has 0 bridgehead atoms. The van der Waals surface area contributed by atoms with Crippen LogP contribution >= 0.6 is 12.6 Å². The van der Waals surface area contributed by atoms with E-state index in [1.54, 1.807) is 0 Å². The largest absolute Gasteiger partial charge is 0.379 e. The summed E-state index contributed by atoms with van der Waals surface area (Å²) in [6, 6.07) is 4.22. The number of carbonyl (C=O) groups is 1. The molecule has 1 fully saturated rings. The number of thiol groups is 1. The van der Waals surface area contributed by atoms with Crippen molar-refractivity contribution in [2.45, 2.75) is 11.3 Å². The Hall–Kier alpha value is -1.11. The number of morpholine rings is 1. The molecule has 1 saturated heterocycles. The number of nitrogens with zero attached hydrogens (tertiary/aromatic N) is 1. The molecule has 1 aliphatic heterocycles. The minimum absolute atomic E-state index is 0.0453. The molecule has 6 heteroatoms. The molecular formula is C14H19FN2O2S. The van der Waals surface area contributed by atoms with Gasteiger partial charge in [-0.3, -0.25) is 9.69 Å². The van der Waals surface area contributed by atoms with Gasteiger partial charge in [-0.25, -0.2) is 4.39 Å². The number of ether oxygens (including phenoxy) is 1. The average Bonchev–Trinajstić information content (AvgIpc) is 2.47. The molecule has 1 amide bonds. The summed E-state index contributed by atoms with van der Waals surface area (Å²) in [4.78, 5) is 14.7. The number of amides is 1. The van der Waals surface area contributed by atoms with Gasteiger partial charge in [0.05, 0.1) is 18.8 Å². The van der Waals surface area contributed by atoms with Crippen molar-refractivity contribution in [3.8, 4) is 0 Å². The van der Waals surface area contributed by atoms with Crippen LogP contribution in [0.4, 0.5) is 4.39 Å². The van der Waals surface area contributed by atoms with Crippen molar-refractivity contribution >= 4 is 18.5 Å². The Balaban J connectivity index is 1.73. The summed E-state index contributed by atoms with van der Waals surface area (Å²) in [5, 5.41) is 2.74. The van der Waals surface area contributed by atoms with Gasteiger partial charge in [-0.05, 0) is 31.2 Å². The minimum atomic E-state index is -0.520. The van der Waals surface area contributed by atoms with Gasteiger partial charge in [0, 0.05) is 24.5 Å². The molecule has 0 saturated carbocycles. The second kappa shape index (κ2) is 7.61. The molecule has 2 rings (SSSR count). The third kappa shape index (κ3) is 4.47. The van der Waals surface area contributed by atoms with Crippen molar-refractivity contribution in [3.05, 3.63) is 29.6 Å². The molecule has 1 aromatic rings. The van der Waals surface area contributed by atoms with Crippen molar-refractivity contribution < 1.29 is 13.9 Å². The molecule has 0 atom stereocenters. The highest BCUT2D eigenvalue weighted by Crippen LogP contribution is 2.13. The predicted molar refractivity (Wildman–Crippen MR) is 77.9 cm³/mol. The standard InChI is InChI=1S/C14H19FN2O2S/c15-13-3-2-11(20)10-12(13)14(18)16-4-1-5-17-6-8-19-9-7-17/h2-3,10,20H,1,4-9H2,(H,16,18). The molecule has 0 unspecified atom stereocenters. The molecule has 0 aromatic heterocycles. The van der Waals surface area contributed by atoms with Gasteiger partial charge in [-0.1, -0.05) is 0 Å². The van der Waals surface area contributed by atoms with Crippen LogP contribution in [0.5, 0.6) is 0 Å². The number of halogens is 1. The van der Waals surface area contributed by atoms with Gasteiger partial charge in [0.1, 0.15) is 5.82 Å². The molecule has 110 valence electrons. The molecule has 0 radical (unpaired) electrons. The molecule has 4 nitrogen and oxygen atoms in total. The Morgan fingerprint density at radius 1 is 1.40 bits per heavy atom. The Kier molecular flexibility index (Phi) is 5.82. The Morgan fingerprint density at radius 2 is 2.15 bits per heavy atom. The van der Waals surface area contributed by atoms with Crippen LogP contribution in [0.15, 0.2) is 23.1 Å². The van der Waals surface area contributed by atoms with Crippen LogP contribution in [0.1, 0.15) is 16.8 Å². The van der Waals surface area contributed by atoms with Gasteiger partial charge in [0.2, 0.25) is 0 Å². The van der Waals surface area contributed by atoms with E-state index in [1.165, 1.54) is 18.2 Å². The second-order valence-electron chi connectivity index (χ2n) is 4.73. The molecule has 20 heavy (non-hydrogen) atoms. The fourth-order valence-electron chi connectivity index (χ4n) is 2.11. The van der Waals surface area contributed by atoms with E-state index in [0.29, 0.717) is 11.4 Å². The lowest BCUT2D eigenvalue weighted by Gasteiger charge is -2.26. The number of nitrogens with one attached hydrogen (secondary N) is 1. The fraction of sp³-hybridized carbons (Fsp3) is 0.500. The third-order valence-corrected chi connectivity index (χ3v) is 3.51. The van der Waals surface area contributed by atoms with Gasteiger partial charge in [-0.15, -0.1) is 12.6 Å². The molecule has 1 aromatic carbocycles. The SMILES string of the molecule is O=C(NCCCN1CCOCC1)c1cc(S)ccc1F. The van der Waals surface area contributed by atoms with E-state index >= 15 is 0 Å². The maximum Gasteiger partial charge on any atom is 0.254 e. The van der Waals surface area contributed by atoms with Gasteiger partial charge in [0.25, 0.3) is 5.91 Å². The first kappa shape index (κ1) is 15.3. The summed E-state index contributed by atoms with van der Waals surface area (Å²) in [7, 11) is 0. The zero-order valence-corrected chi connectivity index (χ0v) is 12.2. The lowest BCUT2D eigenvalue weighted by molar-refractivity contribution is 0.0374. The summed E-state index contributed by atoms with van der Waals surface area (Å²) < 4.78 is 18.8. The summed E-state index contributed by atoms with van der Waals surface area (Å²) in [5.74, 6) is -0.908. The summed E-state index contributed by atoms with van der Waals surface area (Å²) in [5.41, 5.74) is 0.0453. The van der Waals surface area contributed by atoms with Crippen LogP contribution in [-0.4, -0.2) is 50.2 Å². The summed E-state index contributed by atoms with van der Waals surface area (Å²) >= 11 is 4.11. The highest BCUT2D eigenvalue weighted by molar-refractivity contribution is 7.80. The first-order valence-electron chi connectivity index (χ1n) is 6.73. The van der Waals surface area contributed by atoms with E-state index in [-0.39, 0.29) is 11.5 Å². The zero-order valence-electron chi connectivity index (χ0n) is 11.3. The first-order chi connectivity index (χ1) is 9.66. The molecular weight excluding hydrogens is 279 g/mol. The number of hydrogen-bond acceptors (Lipinski definition) is 4. The quantitative estimate of drug-likeness (QED) is 0.640. The van der Waals surface area contributed by atoms with E-state index in [4.69, 9.17) is 4.74 Å². The predicted octanol–water partition coefficient (Wildman–Crippen LogP) is 1.57. The average molecular weight is 298 g/mol. The van der Waals surface area contributed by atoms with E-state index in [9.17, 15) is 9.18 Å². The Labute approximate surface area is 123 Å². The Bertz CT molecular complexity index is 464. The van der Waals surface area contributed by atoms with Crippen molar-refractivity contribution in [2.24, 2.45) is 0 Å². The highest BCUT2D eigenvalue weighted by atomic mass is 32.1. The van der Waals surface area contributed by atoms with Crippen LogP contribution in [0.25, 0.3) is 0 Å². The van der Waals surface area contributed by atoms with Crippen LogP contribution < -0.4 is 5.32 Å². The number of benzene rings is 1. The second-order valence-corrected chi connectivity index (χ2v) is 5.24. The maximum atomic E-state index is 13.5. The Morgan fingerprint density at radius 3 is 2.90 bits per heavy atom. The lowest BCUT2D eigenvalue weighted by atomic mass is 10.2. The zero-order chi connectivity index (χ0) is 14.4. The monoisotopic (exact) mass is 298 g/mol. The first-order valence-corrected chi connectivity index (χ1v) is 7.18. The number of hydrogen-bond donors (Lipinski definition) is 2. The minimum Gasteiger partial charge on any atom is -0.379 e. The fourth-order valence-corrected chi connectivity index (χ4v) is 2.32. The number of rotatable bonds is 5. The molecule has 1 aliphatic rings. The van der Waals surface area contributed by atoms with Gasteiger partial charge in [-0.2, -0.15) is 0 Å². The van der Waals surface area contributed by atoms with Gasteiger partial charge >= 0.3 is 0 Å². The number of carbonyl (C=O) groups excluding carboxylic acids is 1. The summed E-state index contributed by atoms with van der Waals surface area (Å²) in [6.07, 6.45) is 0.841. The van der Waals surface area contributed by atoms with E-state index in [0.717, 1.165) is 39.3 Å². The van der Waals surface area contributed by atoms with Gasteiger partial charge in [0.15, 0.2) is 0 Å².